The molecule has 0 amide bonds. The summed E-state index contributed by atoms with van der Waals surface area (Å²) in [5.74, 6) is -1.54. The van der Waals surface area contributed by atoms with Gasteiger partial charge in [0.1, 0.15) is 0 Å². The number of piperidine rings is 1. The monoisotopic (exact) mass is 385 g/mol. The number of carbonyl (C=O) groups is 1. The molecule has 25 heavy (non-hydrogen) atoms. The van der Waals surface area contributed by atoms with E-state index < -0.39 is 28.0 Å². The molecular formula is C14H16ClN5O4S. The molecule has 1 aromatic carbocycles. The number of rotatable bonds is 4. The van der Waals surface area contributed by atoms with Crippen molar-refractivity contribution in [3.8, 4) is 11.4 Å². The van der Waals surface area contributed by atoms with Crippen molar-refractivity contribution in [1.82, 2.24) is 24.9 Å². The van der Waals surface area contributed by atoms with Crippen molar-refractivity contribution < 1.29 is 18.3 Å². The highest BCUT2D eigenvalue weighted by atomic mass is 35.5. The van der Waals surface area contributed by atoms with Gasteiger partial charge in [-0.3, -0.25) is 4.79 Å². The molecule has 2 heterocycles. The summed E-state index contributed by atoms with van der Waals surface area (Å²) < 4.78 is 27.3. The molecule has 2 atom stereocenters. The average Bonchev–Trinajstić information content (AvgIpc) is 3.09. The Balaban J connectivity index is 2.00. The van der Waals surface area contributed by atoms with Gasteiger partial charge in [0.25, 0.3) is 0 Å². The molecule has 1 fully saturated rings. The van der Waals surface area contributed by atoms with Crippen LogP contribution < -0.4 is 0 Å². The molecular weight excluding hydrogens is 370 g/mol. The zero-order valence-corrected chi connectivity index (χ0v) is 14.8. The number of nitrogens with zero attached hydrogens (tertiary/aromatic N) is 4. The average molecular weight is 386 g/mol. The first-order valence-corrected chi connectivity index (χ1v) is 9.42. The highest BCUT2D eigenvalue weighted by Crippen LogP contribution is 2.32. The Bertz CT molecular complexity index is 887. The quantitative estimate of drug-likeness (QED) is 0.813. The Morgan fingerprint density at radius 1 is 1.44 bits per heavy atom. The van der Waals surface area contributed by atoms with Gasteiger partial charge in [-0.15, -0.1) is 10.2 Å². The number of halogens is 1. The second-order valence-electron chi connectivity index (χ2n) is 5.82. The molecule has 0 radical (unpaired) electrons. The van der Waals surface area contributed by atoms with Gasteiger partial charge < -0.3 is 5.11 Å². The molecule has 1 aromatic heterocycles. The van der Waals surface area contributed by atoms with Gasteiger partial charge in [-0.05, 0) is 43.2 Å². The van der Waals surface area contributed by atoms with Crippen LogP contribution in [0.1, 0.15) is 19.8 Å². The number of aromatic amines is 1. The van der Waals surface area contributed by atoms with Crippen LogP contribution in [0, 0.1) is 5.92 Å². The van der Waals surface area contributed by atoms with E-state index in [9.17, 15) is 18.3 Å². The Morgan fingerprint density at radius 3 is 2.84 bits per heavy atom. The minimum Gasteiger partial charge on any atom is -0.481 e. The van der Waals surface area contributed by atoms with Crippen molar-refractivity contribution >= 4 is 27.6 Å². The van der Waals surface area contributed by atoms with Gasteiger partial charge >= 0.3 is 5.97 Å². The Labute approximate surface area is 149 Å². The fourth-order valence-electron chi connectivity index (χ4n) is 3.03. The van der Waals surface area contributed by atoms with E-state index in [2.05, 4.69) is 20.6 Å². The van der Waals surface area contributed by atoms with E-state index in [1.807, 2.05) is 0 Å². The summed E-state index contributed by atoms with van der Waals surface area (Å²) in [6.45, 7) is 1.89. The first-order chi connectivity index (χ1) is 11.8. The SMILES string of the molecule is C[C@@H]1[C@H](C(=O)O)CCCN1S(=O)(=O)c1ccc(Cl)c(-c2nn[nH]n2)c1. The summed E-state index contributed by atoms with van der Waals surface area (Å²) in [6, 6.07) is 3.57. The lowest BCUT2D eigenvalue weighted by Gasteiger charge is -2.36. The standard InChI is InChI=1S/C14H16ClN5O4S/c1-8-10(14(21)22)3-2-6-20(8)25(23,24)9-4-5-12(15)11(7-9)13-16-18-19-17-13/h4-5,7-8,10H,2-3,6H2,1H3,(H,21,22)(H,16,17,18,19)/t8-,10-/m1/s1. The molecule has 1 aliphatic rings. The lowest BCUT2D eigenvalue weighted by atomic mass is 9.92. The van der Waals surface area contributed by atoms with E-state index in [0.29, 0.717) is 18.4 Å². The largest absolute Gasteiger partial charge is 0.481 e. The number of nitrogens with one attached hydrogen (secondary N) is 1. The number of hydrogen-bond donors (Lipinski definition) is 2. The zero-order chi connectivity index (χ0) is 18.2. The highest BCUT2D eigenvalue weighted by molar-refractivity contribution is 7.89. The Hall–Kier alpha value is -2.04. The number of carboxylic acid groups (broad SMARTS) is 1. The number of aromatic nitrogens is 4. The number of aliphatic carboxylic acids is 1. The molecule has 2 aromatic rings. The number of H-pyrrole nitrogens is 1. The second-order valence-corrected chi connectivity index (χ2v) is 8.12. The van der Waals surface area contributed by atoms with E-state index in [0.717, 1.165) is 0 Å². The molecule has 0 saturated carbocycles. The minimum atomic E-state index is -3.88. The van der Waals surface area contributed by atoms with E-state index in [4.69, 9.17) is 11.6 Å². The predicted molar refractivity (Wildman–Crippen MR) is 88.3 cm³/mol. The van der Waals surface area contributed by atoms with Crippen LogP contribution in [0.3, 0.4) is 0 Å². The van der Waals surface area contributed by atoms with Crippen LogP contribution >= 0.6 is 11.6 Å². The summed E-state index contributed by atoms with van der Waals surface area (Å²) in [6.07, 6.45) is 0.947. The minimum absolute atomic E-state index is 0.00888. The van der Waals surface area contributed by atoms with E-state index >= 15 is 0 Å². The third kappa shape index (κ3) is 3.24. The number of benzene rings is 1. The van der Waals surface area contributed by atoms with Crippen LogP contribution in [0.5, 0.6) is 0 Å². The smallest absolute Gasteiger partial charge is 0.308 e. The zero-order valence-electron chi connectivity index (χ0n) is 13.3. The van der Waals surface area contributed by atoms with Gasteiger partial charge in [-0.1, -0.05) is 11.6 Å². The number of hydrogen-bond acceptors (Lipinski definition) is 6. The molecule has 0 bridgehead atoms. The lowest BCUT2D eigenvalue weighted by Crippen LogP contribution is -2.48. The summed E-state index contributed by atoms with van der Waals surface area (Å²) in [7, 11) is -3.88. The normalized spacial score (nSPS) is 22.0. The Kier molecular flexibility index (Phi) is 4.76. The molecule has 0 spiro atoms. The molecule has 134 valence electrons. The fraction of sp³-hybridized carbons (Fsp3) is 0.429. The third-order valence-electron chi connectivity index (χ3n) is 4.38. The molecule has 9 nitrogen and oxygen atoms in total. The maximum atomic E-state index is 13.0. The topological polar surface area (TPSA) is 129 Å². The Morgan fingerprint density at radius 2 is 2.20 bits per heavy atom. The number of sulfonamides is 1. The van der Waals surface area contributed by atoms with Crippen LogP contribution in [0.2, 0.25) is 5.02 Å². The van der Waals surface area contributed by atoms with Gasteiger partial charge in [-0.2, -0.15) is 9.52 Å². The van der Waals surface area contributed by atoms with E-state index in [1.165, 1.54) is 22.5 Å². The molecule has 3 rings (SSSR count). The summed E-state index contributed by atoms with van der Waals surface area (Å²) in [5.41, 5.74) is 0.330. The van der Waals surface area contributed by atoms with Crippen molar-refractivity contribution in [1.29, 1.82) is 0 Å². The van der Waals surface area contributed by atoms with Gasteiger partial charge in [-0.25, -0.2) is 8.42 Å². The van der Waals surface area contributed by atoms with Crippen LogP contribution in [-0.2, 0) is 14.8 Å². The van der Waals surface area contributed by atoms with Crippen molar-refractivity contribution in [2.45, 2.75) is 30.7 Å². The van der Waals surface area contributed by atoms with Crippen LogP contribution in [-0.4, -0.2) is 57.0 Å². The van der Waals surface area contributed by atoms with E-state index in [1.54, 1.807) is 6.92 Å². The van der Waals surface area contributed by atoms with Gasteiger partial charge in [0.2, 0.25) is 15.8 Å². The van der Waals surface area contributed by atoms with Crippen molar-refractivity contribution in [2.75, 3.05) is 6.54 Å². The molecule has 11 heteroatoms. The number of tetrazole rings is 1. The lowest BCUT2D eigenvalue weighted by molar-refractivity contribution is -0.144. The summed E-state index contributed by atoms with van der Waals surface area (Å²) in [5, 5.41) is 23.0. The van der Waals surface area contributed by atoms with Gasteiger partial charge in [0.05, 0.1) is 15.8 Å². The number of carboxylic acids is 1. The maximum Gasteiger partial charge on any atom is 0.308 e. The molecule has 0 aliphatic carbocycles. The predicted octanol–water partition coefficient (Wildman–Crippen LogP) is 1.39. The van der Waals surface area contributed by atoms with Crippen LogP contribution in [0.4, 0.5) is 0 Å². The van der Waals surface area contributed by atoms with Gasteiger partial charge in [0.15, 0.2) is 0 Å². The first kappa shape index (κ1) is 17.8. The molecule has 0 unspecified atom stereocenters. The fourth-order valence-corrected chi connectivity index (χ4v) is 4.96. The summed E-state index contributed by atoms with van der Waals surface area (Å²) in [4.78, 5) is 11.4. The van der Waals surface area contributed by atoms with Crippen molar-refractivity contribution in [2.24, 2.45) is 5.92 Å². The molecule has 1 aliphatic heterocycles. The highest BCUT2D eigenvalue weighted by Gasteiger charge is 2.39. The first-order valence-electron chi connectivity index (χ1n) is 7.60. The van der Waals surface area contributed by atoms with Crippen molar-refractivity contribution in [3.63, 3.8) is 0 Å². The maximum absolute atomic E-state index is 13.0. The molecule has 1 saturated heterocycles. The second kappa shape index (κ2) is 6.70. The van der Waals surface area contributed by atoms with Crippen molar-refractivity contribution in [3.05, 3.63) is 23.2 Å². The molecule has 2 N–H and O–H groups in total. The third-order valence-corrected chi connectivity index (χ3v) is 6.69. The van der Waals surface area contributed by atoms with Crippen LogP contribution in [0.25, 0.3) is 11.4 Å². The van der Waals surface area contributed by atoms with Gasteiger partial charge in [0, 0.05) is 18.2 Å². The van der Waals surface area contributed by atoms with E-state index in [-0.39, 0.29) is 22.3 Å². The summed E-state index contributed by atoms with van der Waals surface area (Å²) >= 11 is 6.11. The van der Waals surface area contributed by atoms with Crippen LogP contribution in [0.15, 0.2) is 23.1 Å².